The molecule has 0 aliphatic rings. The van der Waals surface area contributed by atoms with Gasteiger partial charge in [0.1, 0.15) is 5.05 Å². The van der Waals surface area contributed by atoms with Crippen LogP contribution in [0, 0.1) is 0 Å². The van der Waals surface area contributed by atoms with Crippen LogP contribution in [0.15, 0.2) is 0 Å². The maximum Gasteiger partial charge on any atom is 1.00 e. The third kappa shape index (κ3) is 8.05. The van der Waals surface area contributed by atoms with Crippen LogP contribution >= 0.6 is 12.2 Å². The number of rotatable bonds is 5. The van der Waals surface area contributed by atoms with Gasteiger partial charge in [-0.2, -0.15) is 0 Å². The summed E-state index contributed by atoms with van der Waals surface area (Å²) < 4.78 is 16.1. The summed E-state index contributed by atoms with van der Waals surface area (Å²) in [4.78, 5) is 0. The fraction of sp³-hybridized carbons (Fsp3) is 0.857. The quantitative estimate of drug-likeness (QED) is 0.454. The molecule has 0 aromatic heterocycles. The van der Waals surface area contributed by atoms with Crippen molar-refractivity contribution in [2.45, 2.75) is 27.3 Å². The standard InChI is InChI=1S/C7H16O3SSi.Na.H/c1-5-8-12(4,9-6-2)10-7(3)11;;/h5-6H2,1-4H3;;/q;+1;-1. The zero-order chi connectivity index (χ0) is 9.61. The topological polar surface area (TPSA) is 27.7 Å². The smallest absolute Gasteiger partial charge is 1.00 e. The Bertz CT molecular complexity index is 156. The van der Waals surface area contributed by atoms with E-state index in [1.807, 2.05) is 20.4 Å². The summed E-state index contributed by atoms with van der Waals surface area (Å²) in [6, 6.07) is 0. The molecule has 74 valence electrons. The SMILES string of the molecule is CCO[Si](C)(OCC)OC(C)=S.[H-].[Na+]. The summed E-state index contributed by atoms with van der Waals surface area (Å²) in [5.74, 6) is 0. The molecule has 6 heteroatoms. The summed E-state index contributed by atoms with van der Waals surface area (Å²) in [6.07, 6.45) is 0. The van der Waals surface area contributed by atoms with E-state index >= 15 is 0 Å². The van der Waals surface area contributed by atoms with Crippen molar-refractivity contribution in [3.8, 4) is 0 Å². The van der Waals surface area contributed by atoms with Crippen LogP contribution in [0.5, 0.6) is 0 Å². The Kier molecular flexibility index (Phi) is 10.6. The van der Waals surface area contributed by atoms with Crippen molar-refractivity contribution in [2.75, 3.05) is 13.2 Å². The van der Waals surface area contributed by atoms with Crippen LogP contribution < -0.4 is 29.6 Å². The van der Waals surface area contributed by atoms with Gasteiger partial charge >= 0.3 is 38.4 Å². The molecule has 0 spiro atoms. The van der Waals surface area contributed by atoms with E-state index in [0.717, 1.165) is 0 Å². The average molecular weight is 232 g/mol. The van der Waals surface area contributed by atoms with Crippen LogP contribution in [-0.2, 0) is 13.3 Å². The van der Waals surface area contributed by atoms with Gasteiger partial charge in [0.2, 0.25) is 0 Å². The van der Waals surface area contributed by atoms with E-state index in [1.165, 1.54) is 0 Å². The van der Waals surface area contributed by atoms with E-state index in [2.05, 4.69) is 0 Å². The predicted molar refractivity (Wildman–Crippen MR) is 55.3 cm³/mol. The molecule has 0 aliphatic heterocycles. The Morgan fingerprint density at radius 1 is 1.31 bits per heavy atom. The Balaban J connectivity index is -0.000000605. The molecule has 0 aromatic carbocycles. The minimum atomic E-state index is -2.45. The molecule has 0 saturated heterocycles. The molecule has 0 fully saturated rings. The summed E-state index contributed by atoms with van der Waals surface area (Å²) in [7, 11) is -2.45. The first kappa shape index (κ1) is 16.5. The van der Waals surface area contributed by atoms with E-state index in [0.29, 0.717) is 18.3 Å². The van der Waals surface area contributed by atoms with Gasteiger partial charge in [-0.3, -0.25) is 0 Å². The first-order chi connectivity index (χ1) is 5.54. The maximum absolute atomic E-state index is 5.39. The summed E-state index contributed by atoms with van der Waals surface area (Å²) in [5.41, 5.74) is 0. The van der Waals surface area contributed by atoms with Gasteiger partial charge in [-0.05, 0) is 26.1 Å². The molecule has 13 heavy (non-hydrogen) atoms. The molecule has 0 amide bonds. The minimum absolute atomic E-state index is 0. The Morgan fingerprint density at radius 3 is 1.92 bits per heavy atom. The summed E-state index contributed by atoms with van der Waals surface area (Å²) >= 11 is 4.82. The van der Waals surface area contributed by atoms with Crippen molar-refractivity contribution in [1.29, 1.82) is 0 Å². The van der Waals surface area contributed by atoms with Crippen LogP contribution in [0.2, 0.25) is 6.55 Å². The molecular formula is C7H17NaO3SSi. The van der Waals surface area contributed by atoms with Gasteiger partial charge < -0.3 is 14.7 Å². The molecule has 0 aliphatic carbocycles. The number of hydrogen-bond acceptors (Lipinski definition) is 4. The van der Waals surface area contributed by atoms with E-state index in [9.17, 15) is 0 Å². The third-order valence-corrected chi connectivity index (χ3v) is 3.68. The Morgan fingerprint density at radius 2 is 1.69 bits per heavy atom. The number of hydrogen-bond donors (Lipinski definition) is 0. The zero-order valence-corrected chi connectivity index (χ0v) is 12.9. The first-order valence-electron chi connectivity index (χ1n) is 4.01. The summed E-state index contributed by atoms with van der Waals surface area (Å²) in [5, 5.41) is 0.478. The van der Waals surface area contributed by atoms with Gasteiger partial charge in [0.25, 0.3) is 0 Å². The molecule has 0 rings (SSSR count). The fourth-order valence-corrected chi connectivity index (χ4v) is 3.11. The van der Waals surface area contributed by atoms with Crippen molar-refractivity contribution < 1.29 is 44.3 Å². The van der Waals surface area contributed by atoms with Crippen molar-refractivity contribution >= 4 is 26.1 Å². The second-order valence-electron chi connectivity index (χ2n) is 2.32. The maximum atomic E-state index is 5.39. The second kappa shape index (κ2) is 8.34. The fourth-order valence-electron chi connectivity index (χ4n) is 0.886. The van der Waals surface area contributed by atoms with E-state index < -0.39 is 8.80 Å². The van der Waals surface area contributed by atoms with Crippen molar-refractivity contribution in [3.63, 3.8) is 0 Å². The van der Waals surface area contributed by atoms with Crippen LogP contribution in [0.1, 0.15) is 22.2 Å². The monoisotopic (exact) mass is 232 g/mol. The first-order valence-corrected chi connectivity index (χ1v) is 6.65. The van der Waals surface area contributed by atoms with Crippen molar-refractivity contribution in [1.82, 2.24) is 0 Å². The summed E-state index contributed by atoms with van der Waals surface area (Å²) in [6.45, 7) is 8.56. The van der Waals surface area contributed by atoms with Gasteiger partial charge in [-0.25, -0.2) is 0 Å². The van der Waals surface area contributed by atoms with Gasteiger partial charge in [-0.1, -0.05) is 0 Å². The second-order valence-corrected chi connectivity index (χ2v) is 5.40. The van der Waals surface area contributed by atoms with Gasteiger partial charge in [0.15, 0.2) is 0 Å². The van der Waals surface area contributed by atoms with Gasteiger partial charge in [-0.15, -0.1) is 0 Å². The average Bonchev–Trinajstić information content (AvgIpc) is 1.85. The molecule has 0 saturated carbocycles. The molecule has 0 aromatic rings. The molecule has 0 bridgehead atoms. The van der Waals surface area contributed by atoms with Crippen LogP contribution in [-0.4, -0.2) is 27.1 Å². The zero-order valence-electron chi connectivity index (χ0n) is 10.0. The van der Waals surface area contributed by atoms with Crippen molar-refractivity contribution in [3.05, 3.63) is 0 Å². The van der Waals surface area contributed by atoms with E-state index in [4.69, 9.17) is 25.5 Å². The third-order valence-electron chi connectivity index (χ3n) is 1.14. The molecule has 0 heterocycles. The Labute approximate surface area is 110 Å². The Hall–Kier alpha value is 1.03. The van der Waals surface area contributed by atoms with Gasteiger partial charge in [0.05, 0.1) is 0 Å². The predicted octanol–water partition coefficient (Wildman–Crippen LogP) is -0.891. The van der Waals surface area contributed by atoms with Gasteiger partial charge in [0, 0.05) is 26.7 Å². The molecule has 3 nitrogen and oxygen atoms in total. The molecule has 0 unspecified atom stereocenters. The van der Waals surface area contributed by atoms with Crippen LogP contribution in [0.4, 0.5) is 0 Å². The molecule has 0 radical (unpaired) electrons. The van der Waals surface area contributed by atoms with Crippen LogP contribution in [0.3, 0.4) is 0 Å². The largest absolute Gasteiger partial charge is 1.00 e. The van der Waals surface area contributed by atoms with Crippen LogP contribution in [0.25, 0.3) is 0 Å². The normalized spacial score (nSPS) is 10.5. The van der Waals surface area contributed by atoms with E-state index in [-0.39, 0.29) is 31.0 Å². The molecule has 0 N–H and O–H groups in total. The molecule has 0 atom stereocenters. The number of thiocarbonyl (C=S) groups is 1. The van der Waals surface area contributed by atoms with E-state index in [1.54, 1.807) is 6.92 Å². The minimum Gasteiger partial charge on any atom is -1.00 e. The van der Waals surface area contributed by atoms with Crippen molar-refractivity contribution in [2.24, 2.45) is 0 Å². The molecular weight excluding hydrogens is 215 g/mol.